The van der Waals surface area contributed by atoms with E-state index in [1.54, 1.807) is 0 Å². The summed E-state index contributed by atoms with van der Waals surface area (Å²) in [7, 11) is 0. The lowest BCUT2D eigenvalue weighted by Gasteiger charge is -2.27. The molecule has 0 radical (unpaired) electrons. The van der Waals surface area contributed by atoms with Crippen LogP contribution in [0.4, 0.5) is 11.4 Å². The molecule has 1 fully saturated rings. The van der Waals surface area contributed by atoms with Crippen LogP contribution in [0.2, 0.25) is 5.02 Å². The Kier molecular flexibility index (Phi) is 4.13. The van der Waals surface area contributed by atoms with E-state index in [0.29, 0.717) is 16.8 Å². The number of nitrogens with two attached hydrogens (primary N) is 1. The Morgan fingerprint density at radius 3 is 3.00 bits per heavy atom. The number of nitrogens with zero attached hydrogens (tertiary/aromatic N) is 1. The summed E-state index contributed by atoms with van der Waals surface area (Å²) >= 11 is 6.05. The summed E-state index contributed by atoms with van der Waals surface area (Å²) in [5, 5.41) is 0.619. The molecule has 1 unspecified atom stereocenters. The lowest BCUT2D eigenvalue weighted by Crippen LogP contribution is -2.32. The first-order valence-electron chi connectivity index (χ1n) is 6.13. The molecule has 1 aliphatic rings. The van der Waals surface area contributed by atoms with Gasteiger partial charge in [-0.05, 0) is 31.9 Å². The second kappa shape index (κ2) is 5.61. The van der Waals surface area contributed by atoms with Crippen molar-refractivity contribution in [2.75, 3.05) is 30.3 Å². The SMILES string of the molecule is CCN(CC1CCCO1)c1cccc(Cl)c1N. The van der Waals surface area contributed by atoms with Crippen molar-refractivity contribution in [3.05, 3.63) is 23.2 Å². The Hall–Kier alpha value is -0.930. The van der Waals surface area contributed by atoms with E-state index in [0.717, 1.165) is 38.2 Å². The van der Waals surface area contributed by atoms with E-state index >= 15 is 0 Å². The maximum absolute atomic E-state index is 6.05. The van der Waals surface area contributed by atoms with Crippen LogP contribution in [-0.4, -0.2) is 25.8 Å². The van der Waals surface area contributed by atoms with Crippen LogP contribution in [0.15, 0.2) is 18.2 Å². The van der Waals surface area contributed by atoms with Gasteiger partial charge in [0.1, 0.15) is 0 Å². The first-order chi connectivity index (χ1) is 8.22. The second-order valence-corrected chi connectivity index (χ2v) is 4.75. The van der Waals surface area contributed by atoms with E-state index in [4.69, 9.17) is 22.1 Å². The average molecular weight is 255 g/mol. The number of hydrogen-bond donors (Lipinski definition) is 1. The highest BCUT2D eigenvalue weighted by molar-refractivity contribution is 6.33. The Morgan fingerprint density at radius 2 is 2.35 bits per heavy atom. The minimum atomic E-state index is 0.327. The molecule has 0 amide bonds. The minimum Gasteiger partial charge on any atom is -0.396 e. The highest BCUT2D eigenvalue weighted by atomic mass is 35.5. The second-order valence-electron chi connectivity index (χ2n) is 4.35. The van der Waals surface area contributed by atoms with Gasteiger partial charge in [0.2, 0.25) is 0 Å². The van der Waals surface area contributed by atoms with Crippen LogP contribution in [-0.2, 0) is 4.74 Å². The van der Waals surface area contributed by atoms with E-state index in [9.17, 15) is 0 Å². The van der Waals surface area contributed by atoms with Crippen molar-refractivity contribution in [2.45, 2.75) is 25.9 Å². The van der Waals surface area contributed by atoms with Crippen molar-refractivity contribution in [2.24, 2.45) is 0 Å². The van der Waals surface area contributed by atoms with Gasteiger partial charge in [0.25, 0.3) is 0 Å². The van der Waals surface area contributed by atoms with Gasteiger partial charge in [-0.15, -0.1) is 0 Å². The van der Waals surface area contributed by atoms with Crippen LogP contribution < -0.4 is 10.6 Å². The molecule has 0 spiro atoms. The molecule has 0 saturated carbocycles. The van der Waals surface area contributed by atoms with Gasteiger partial charge >= 0.3 is 0 Å². The number of rotatable bonds is 4. The van der Waals surface area contributed by atoms with Crippen molar-refractivity contribution >= 4 is 23.0 Å². The molecule has 1 aromatic rings. The molecule has 1 atom stereocenters. The first-order valence-corrected chi connectivity index (χ1v) is 6.50. The molecule has 1 saturated heterocycles. The normalized spacial score (nSPS) is 19.5. The van der Waals surface area contributed by atoms with Gasteiger partial charge in [-0.2, -0.15) is 0 Å². The molecule has 0 bridgehead atoms. The fourth-order valence-corrected chi connectivity index (χ4v) is 2.40. The fourth-order valence-electron chi connectivity index (χ4n) is 2.23. The Labute approximate surface area is 107 Å². The van der Waals surface area contributed by atoms with Crippen LogP contribution in [0.1, 0.15) is 19.8 Å². The maximum Gasteiger partial charge on any atom is 0.0750 e. The largest absolute Gasteiger partial charge is 0.396 e. The number of hydrogen-bond acceptors (Lipinski definition) is 3. The van der Waals surface area contributed by atoms with Gasteiger partial charge in [0.15, 0.2) is 0 Å². The number of para-hydroxylation sites is 1. The lowest BCUT2D eigenvalue weighted by molar-refractivity contribution is 0.116. The molecule has 0 aliphatic carbocycles. The van der Waals surface area contributed by atoms with Crippen LogP contribution in [0.3, 0.4) is 0 Å². The fraction of sp³-hybridized carbons (Fsp3) is 0.538. The third kappa shape index (κ3) is 2.85. The number of halogens is 1. The molecule has 1 aliphatic heterocycles. The minimum absolute atomic E-state index is 0.327. The summed E-state index contributed by atoms with van der Waals surface area (Å²) in [5.41, 5.74) is 7.69. The van der Waals surface area contributed by atoms with E-state index in [-0.39, 0.29) is 0 Å². The summed E-state index contributed by atoms with van der Waals surface area (Å²) in [6.45, 7) is 4.80. The lowest BCUT2D eigenvalue weighted by atomic mass is 10.2. The number of benzene rings is 1. The van der Waals surface area contributed by atoms with Crippen LogP contribution in [0.5, 0.6) is 0 Å². The maximum atomic E-state index is 6.05. The molecule has 4 heteroatoms. The van der Waals surface area contributed by atoms with Crippen molar-refractivity contribution in [3.63, 3.8) is 0 Å². The van der Waals surface area contributed by atoms with E-state index in [1.807, 2.05) is 18.2 Å². The van der Waals surface area contributed by atoms with Gasteiger partial charge in [-0.25, -0.2) is 0 Å². The van der Waals surface area contributed by atoms with Gasteiger partial charge in [0.05, 0.1) is 22.5 Å². The van der Waals surface area contributed by atoms with Crippen LogP contribution >= 0.6 is 11.6 Å². The molecular weight excluding hydrogens is 236 g/mol. The van der Waals surface area contributed by atoms with Gasteiger partial charge in [0, 0.05) is 19.7 Å². The molecule has 17 heavy (non-hydrogen) atoms. The molecule has 2 rings (SSSR count). The molecule has 1 aromatic carbocycles. The summed E-state index contributed by atoms with van der Waals surface area (Å²) in [4.78, 5) is 2.23. The summed E-state index contributed by atoms with van der Waals surface area (Å²) in [6, 6.07) is 5.77. The zero-order valence-electron chi connectivity index (χ0n) is 10.2. The Morgan fingerprint density at radius 1 is 1.53 bits per heavy atom. The third-order valence-corrected chi connectivity index (χ3v) is 3.53. The third-order valence-electron chi connectivity index (χ3n) is 3.20. The molecule has 0 aromatic heterocycles. The van der Waals surface area contributed by atoms with Crippen molar-refractivity contribution in [1.82, 2.24) is 0 Å². The van der Waals surface area contributed by atoms with E-state index in [1.165, 1.54) is 0 Å². The predicted molar refractivity (Wildman–Crippen MR) is 72.7 cm³/mol. The van der Waals surface area contributed by atoms with Gasteiger partial charge < -0.3 is 15.4 Å². The molecule has 3 nitrogen and oxygen atoms in total. The monoisotopic (exact) mass is 254 g/mol. The van der Waals surface area contributed by atoms with Crippen LogP contribution in [0.25, 0.3) is 0 Å². The molecule has 2 N–H and O–H groups in total. The topological polar surface area (TPSA) is 38.5 Å². The number of likely N-dealkylation sites (N-methyl/N-ethyl adjacent to an activating group) is 1. The van der Waals surface area contributed by atoms with Crippen LogP contribution in [0, 0.1) is 0 Å². The van der Waals surface area contributed by atoms with Gasteiger partial charge in [-0.3, -0.25) is 0 Å². The molecule has 1 heterocycles. The summed E-state index contributed by atoms with van der Waals surface area (Å²) < 4.78 is 5.66. The average Bonchev–Trinajstić information content (AvgIpc) is 2.83. The number of anilines is 2. The van der Waals surface area contributed by atoms with Crippen molar-refractivity contribution in [1.29, 1.82) is 0 Å². The van der Waals surface area contributed by atoms with Crippen molar-refractivity contribution in [3.8, 4) is 0 Å². The Bertz CT molecular complexity index is 378. The number of nitrogen functional groups attached to an aromatic ring is 1. The highest BCUT2D eigenvalue weighted by Crippen LogP contribution is 2.30. The van der Waals surface area contributed by atoms with Crippen molar-refractivity contribution < 1.29 is 4.74 Å². The smallest absolute Gasteiger partial charge is 0.0750 e. The Balaban J connectivity index is 2.13. The summed E-state index contributed by atoms with van der Waals surface area (Å²) in [6.07, 6.45) is 2.62. The number of ether oxygens (including phenoxy) is 1. The molecular formula is C13H19ClN2O. The quantitative estimate of drug-likeness (QED) is 0.840. The van der Waals surface area contributed by atoms with E-state index < -0.39 is 0 Å². The van der Waals surface area contributed by atoms with Gasteiger partial charge in [-0.1, -0.05) is 17.7 Å². The zero-order valence-corrected chi connectivity index (χ0v) is 10.9. The zero-order chi connectivity index (χ0) is 12.3. The predicted octanol–water partition coefficient (Wildman–Crippen LogP) is 2.93. The molecule has 94 valence electrons. The standard InChI is InChI=1S/C13H19ClN2O/c1-2-16(9-10-5-4-8-17-10)12-7-3-6-11(14)13(12)15/h3,6-7,10H,2,4-5,8-9,15H2,1H3. The van der Waals surface area contributed by atoms with E-state index in [2.05, 4.69) is 11.8 Å². The highest BCUT2D eigenvalue weighted by Gasteiger charge is 2.20. The first kappa shape index (κ1) is 12.5. The summed E-state index contributed by atoms with van der Waals surface area (Å²) in [5.74, 6) is 0.